The van der Waals surface area contributed by atoms with Crippen molar-refractivity contribution in [3.05, 3.63) is 64.2 Å². The van der Waals surface area contributed by atoms with Crippen LogP contribution in [0.3, 0.4) is 0 Å². The number of likely N-dealkylation sites (tertiary alicyclic amines) is 1. The minimum absolute atomic E-state index is 0.0168. The number of halogens is 3. The Morgan fingerprint density at radius 3 is 2.35 bits per heavy atom. The van der Waals surface area contributed by atoms with Gasteiger partial charge in [-0.25, -0.2) is 4.79 Å². The molecule has 8 nitrogen and oxygen atoms in total. The minimum Gasteiger partial charge on any atom is -0.324 e. The molecule has 0 saturated carbocycles. The van der Waals surface area contributed by atoms with Crippen LogP contribution in [0.2, 0.25) is 0 Å². The number of hydrogen-bond donors (Lipinski definition) is 1. The Bertz CT molecular complexity index is 981. The van der Waals surface area contributed by atoms with Crippen molar-refractivity contribution in [2.24, 2.45) is 0 Å². The Morgan fingerprint density at radius 1 is 1.13 bits per heavy atom. The van der Waals surface area contributed by atoms with E-state index in [4.69, 9.17) is 4.84 Å². The second kappa shape index (κ2) is 7.73. The maximum Gasteiger partial charge on any atom is 0.416 e. The molecule has 2 fully saturated rings. The molecule has 11 heteroatoms. The Morgan fingerprint density at radius 2 is 1.77 bits per heavy atom. The van der Waals surface area contributed by atoms with Crippen molar-refractivity contribution >= 4 is 23.1 Å². The molecule has 2 aliphatic heterocycles. The summed E-state index contributed by atoms with van der Waals surface area (Å²) in [5.74, 6) is 0. The van der Waals surface area contributed by atoms with Crippen LogP contribution in [0.25, 0.3) is 0 Å². The lowest BCUT2D eigenvalue weighted by molar-refractivity contribution is -0.384. The number of nitro groups is 1. The Balaban J connectivity index is 1.29. The van der Waals surface area contributed by atoms with Crippen molar-refractivity contribution in [1.82, 2.24) is 4.90 Å². The summed E-state index contributed by atoms with van der Waals surface area (Å²) >= 11 is 0. The van der Waals surface area contributed by atoms with Gasteiger partial charge in [0.2, 0.25) is 0 Å². The quantitative estimate of drug-likeness (QED) is 0.568. The zero-order chi connectivity index (χ0) is 22.2. The average Bonchev–Trinajstić information content (AvgIpc) is 2.72. The zero-order valence-electron chi connectivity index (χ0n) is 16.3. The van der Waals surface area contributed by atoms with Crippen molar-refractivity contribution in [3.8, 4) is 0 Å². The fourth-order valence-corrected chi connectivity index (χ4v) is 3.71. The Labute approximate surface area is 175 Å². The van der Waals surface area contributed by atoms with Crippen LogP contribution in [-0.2, 0) is 11.0 Å². The first kappa shape index (κ1) is 20.9. The summed E-state index contributed by atoms with van der Waals surface area (Å²) in [4.78, 5) is 30.4. The number of nitrogens with zero attached hydrogens (tertiary/aromatic N) is 3. The van der Waals surface area contributed by atoms with Gasteiger partial charge in [-0.05, 0) is 43.2 Å². The zero-order valence-corrected chi connectivity index (χ0v) is 16.3. The van der Waals surface area contributed by atoms with Crippen LogP contribution in [0.5, 0.6) is 0 Å². The van der Waals surface area contributed by atoms with Gasteiger partial charge < -0.3 is 10.2 Å². The second-order valence-corrected chi connectivity index (χ2v) is 7.58. The summed E-state index contributed by atoms with van der Waals surface area (Å²) < 4.78 is 37.9. The van der Waals surface area contributed by atoms with Crippen molar-refractivity contribution in [3.63, 3.8) is 0 Å². The predicted octanol–water partition coefficient (Wildman–Crippen LogP) is 4.43. The third-order valence-electron chi connectivity index (χ3n) is 5.49. The van der Waals surface area contributed by atoms with Crippen LogP contribution in [0.1, 0.15) is 18.4 Å². The molecule has 1 spiro atoms. The molecule has 2 aliphatic rings. The van der Waals surface area contributed by atoms with E-state index in [9.17, 15) is 28.1 Å². The number of carbonyl (C=O) groups excluding carboxylic acids is 1. The van der Waals surface area contributed by atoms with E-state index in [1.807, 2.05) is 0 Å². The number of rotatable bonds is 3. The van der Waals surface area contributed by atoms with Crippen molar-refractivity contribution in [2.75, 3.05) is 30.0 Å². The average molecular weight is 436 g/mol. The summed E-state index contributed by atoms with van der Waals surface area (Å²) in [7, 11) is 0. The molecule has 2 aromatic rings. The van der Waals surface area contributed by atoms with Crippen molar-refractivity contribution < 1.29 is 27.7 Å². The van der Waals surface area contributed by atoms with Crippen LogP contribution in [-0.4, -0.2) is 41.1 Å². The lowest BCUT2D eigenvalue weighted by Gasteiger charge is -2.53. The number of urea groups is 1. The number of anilines is 2. The van der Waals surface area contributed by atoms with E-state index in [-0.39, 0.29) is 17.4 Å². The number of non-ortho nitro benzene ring substituents is 1. The predicted molar refractivity (Wildman–Crippen MR) is 106 cm³/mol. The fraction of sp³-hybridized carbons (Fsp3) is 0.350. The molecule has 4 rings (SSSR count). The number of hydroxylamine groups is 1. The Kier molecular flexibility index (Phi) is 5.21. The van der Waals surface area contributed by atoms with Gasteiger partial charge in [-0.15, -0.1) is 0 Å². The maximum atomic E-state index is 12.6. The SMILES string of the molecule is O=C(Nc1ccc(C(F)(F)F)cc1)N1CCC2(CC1)CN(c1cccc([N+](=O)[O-])c1)O2. The molecule has 31 heavy (non-hydrogen) atoms. The van der Waals surface area contributed by atoms with E-state index < -0.39 is 22.3 Å². The van der Waals surface area contributed by atoms with Gasteiger partial charge in [-0.3, -0.25) is 20.0 Å². The van der Waals surface area contributed by atoms with E-state index in [2.05, 4.69) is 5.32 Å². The molecular formula is C20H19F3N4O4. The number of alkyl halides is 3. The van der Waals surface area contributed by atoms with Crippen LogP contribution in [0.15, 0.2) is 48.5 Å². The third kappa shape index (κ3) is 4.41. The van der Waals surface area contributed by atoms with Crippen LogP contribution in [0.4, 0.5) is 35.0 Å². The number of benzene rings is 2. The summed E-state index contributed by atoms with van der Waals surface area (Å²) in [5.41, 5.74) is -0.328. The molecule has 0 aliphatic carbocycles. The van der Waals surface area contributed by atoms with E-state index in [1.165, 1.54) is 24.3 Å². The lowest BCUT2D eigenvalue weighted by Crippen LogP contribution is -2.64. The van der Waals surface area contributed by atoms with Crippen molar-refractivity contribution in [2.45, 2.75) is 24.6 Å². The monoisotopic (exact) mass is 436 g/mol. The van der Waals surface area contributed by atoms with Crippen molar-refractivity contribution in [1.29, 1.82) is 0 Å². The highest BCUT2D eigenvalue weighted by Crippen LogP contribution is 2.39. The van der Waals surface area contributed by atoms with Gasteiger partial charge >= 0.3 is 12.2 Å². The van der Waals surface area contributed by atoms with Gasteiger partial charge in [0.25, 0.3) is 5.69 Å². The summed E-state index contributed by atoms with van der Waals surface area (Å²) in [6.07, 6.45) is -3.26. The fourth-order valence-electron chi connectivity index (χ4n) is 3.71. The molecule has 0 aromatic heterocycles. The smallest absolute Gasteiger partial charge is 0.324 e. The number of hydrogen-bond acceptors (Lipinski definition) is 5. The van der Waals surface area contributed by atoms with E-state index >= 15 is 0 Å². The number of amides is 2. The van der Waals surface area contributed by atoms with Gasteiger partial charge in [0.05, 0.1) is 22.7 Å². The van der Waals surface area contributed by atoms with Gasteiger partial charge in [0, 0.05) is 30.9 Å². The van der Waals surface area contributed by atoms with Gasteiger partial charge in [0.15, 0.2) is 0 Å². The molecule has 2 amide bonds. The van der Waals surface area contributed by atoms with Gasteiger partial charge in [-0.1, -0.05) is 6.07 Å². The van der Waals surface area contributed by atoms with E-state index in [0.717, 1.165) is 12.1 Å². The molecule has 0 radical (unpaired) electrons. The van der Waals surface area contributed by atoms with E-state index in [0.29, 0.717) is 38.2 Å². The Hall–Kier alpha value is -3.34. The maximum absolute atomic E-state index is 12.6. The minimum atomic E-state index is -4.43. The van der Waals surface area contributed by atoms with Gasteiger partial charge in [-0.2, -0.15) is 13.2 Å². The first-order valence-corrected chi connectivity index (χ1v) is 9.60. The van der Waals surface area contributed by atoms with E-state index in [1.54, 1.807) is 22.1 Å². The van der Waals surface area contributed by atoms with Crippen LogP contribution in [0, 0.1) is 10.1 Å². The number of piperidine rings is 1. The normalized spacial score (nSPS) is 17.9. The molecule has 2 aromatic carbocycles. The first-order valence-electron chi connectivity index (χ1n) is 9.60. The molecule has 0 unspecified atom stereocenters. The highest BCUT2D eigenvalue weighted by atomic mass is 19.4. The third-order valence-corrected chi connectivity index (χ3v) is 5.49. The largest absolute Gasteiger partial charge is 0.416 e. The first-order chi connectivity index (χ1) is 14.7. The topological polar surface area (TPSA) is 88.0 Å². The highest BCUT2D eigenvalue weighted by molar-refractivity contribution is 5.89. The number of nitro benzene ring substituents is 1. The number of nitrogens with one attached hydrogen (secondary N) is 1. The molecule has 0 bridgehead atoms. The summed E-state index contributed by atoms with van der Waals surface area (Å²) in [6, 6.07) is 10.1. The number of carbonyl (C=O) groups is 1. The molecule has 164 valence electrons. The second-order valence-electron chi connectivity index (χ2n) is 7.58. The lowest BCUT2D eigenvalue weighted by atomic mass is 9.89. The summed E-state index contributed by atoms with van der Waals surface area (Å²) in [5, 5.41) is 15.1. The molecule has 2 saturated heterocycles. The molecule has 1 N–H and O–H groups in total. The molecule has 2 heterocycles. The molecular weight excluding hydrogens is 417 g/mol. The van der Waals surface area contributed by atoms with Crippen LogP contribution < -0.4 is 10.4 Å². The highest BCUT2D eigenvalue weighted by Gasteiger charge is 2.48. The standard InChI is InChI=1S/C20H19F3N4O4/c21-20(22,23)14-4-6-15(7-5-14)24-18(28)25-10-8-19(9-11-25)13-26(31-19)16-2-1-3-17(12-16)27(29)30/h1-7,12H,8-11,13H2,(H,24,28). The van der Waals surface area contributed by atoms with Gasteiger partial charge in [0.1, 0.15) is 5.60 Å². The summed E-state index contributed by atoms with van der Waals surface area (Å²) in [6.45, 7) is 1.41. The van der Waals surface area contributed by atoms with Crippen LogP contribution >= 0.6 is 0 Å². The molecule has 0 atom stereocenters.